The van der Waals surface area contributed by atoms with E-state index in [1.807, 2.05) is 24.3 Å². The summed E-state index contributed by atoms with van der Waals surface area (Å²) in [7, 11) is 0. The van der Waals surface area contributed by atoms with Gasteiger partial charge in [-0.1, -0.05) is 26.0 Å². The van der Waals surface area contributed by atoms with Crippen LogP contribution in [0.2, 0.25) is 0 Å². The molecule has 0 aliphatic carbocycles. The van der Waals surface area contributed by atoms with Gasteiger partial charge in [-0.25, -0.2) is 0 Å². The van der Waals surface area contributed by atoms with Gasteiger partial charge < -0.3 is 14.9 Å². The molecule has 1 heterocycles. The molecule has 96 valence electrons. The summed E-state index contributed by atoms with van der Waals surface area (Å²) < 4.78 is 11.2. The Kier molecular flexibility index (Phi) is 4.05. The van der Waals surface area contributed by atoms with Gasteiger partial charge in [-0.15, -0.1) is 0 Å². The van der Waals surface area contributed by atoms with Crippen molar-refractivity contribution in [1.82, 2.24) is 0 Å². The van der Waals surface area contributed by atoms with Crippen LogP contribution >= 0.6 is 0 Å². The number of ether oxygens (including phenoxy) is 1. The third-order valence-electron chi connectivity index (χ3n) is 2.82. The second-order valence-corrected chi connectivity index (χ2v) is 4.59. The summed E-state index contributed by atoms with van der Waals surface area (Å²) in [6, 6.07) is 11.9. The van der Waals surface area contributed by atoms with Gasteiger partial charge in [0.2, 0.25) is 0 Å². The van der Waals surface area contributed by atoms with Crippen LogP contribution in [0.15, 0.2) is 40.8 Å². The Morgan fingerprint density at radius 1 is 1.17 bits per heavy atom. The highest BCUT2D eigenvalue weighted by Gasteiger charge is 2.04. The summed E-state index contributed by atoms with van der Waals surface area (Å²) in [5, 5.41) is 0. The summed E-state index contributed by atoms with van der Waals surface area (Å²) >= 11 is 0. The summed E-state index contributed by atoms with van der Waals surface area (Å²) in [5.74, 6) is 2.95. The van der Waals surface area contributed by atoms with Crippen LogP contribution in [-0.2, 0) is 13.2 Å². The molecule has 2 aromatic rings. The highest BCUT2D eigenvalue weighted by Crippen LogP contribution is 2.21. The molecule has 0 unspecified atom stereocenters. The van der Waals surface area contributed by atoms with E-state index in [2.05, 4.69) is 26.0 Å². The van der Waals surface area contributed by atoms with Crippen molar-refractivity contribution in [3.8, 4) is 5.75 Å². The van der Waals surface area contributed by atoms with Crippen LogP contribution in [0.1, 0.15) is 36.8 Å². The van der Waals surface area contributed by atoms with Gasteiger partial charge in [0, 0.05) is 0 Å². The highest BCUT2D eigenvalue weighted by atomic mass is 16.5. The fraction of sp³-hybridized carbons (Fsp3) is 0.333. The highest BCUT2D eigenvalue weighted by molar-refractivity contribution is 5.30. The minimum absolute atomic E-state index is 0.419. The molecular weight excluding hydrogens is 226 g/mol. The largest absolute Gasteiger partial charge is 0.486 e. The molecule has 18 heavy (non-hydrogen) atoms. The fourth-order valence-electron chi connectivity index (χ4n) is 1.73. The van der Waals surface area contributed by atoms with Gasteiger partial charge in [0.05, 0.1) is 6.54 Å². The zero-order valence-corrected chi connectivity index (χ0v) is 10.8. The second kappa shape index (κ2) is 5.74. The summed E-state index contributed by atoms with van der Waals surface area (Å²) in [6.45, 7) is 5.18. The van der Waals surface area contributed by atoms with Crippen LogP contribution < -0.4 is 10.5 Å². The predicted molar refractivity (Wildman–Crippen MR) is 71.5 cm³/mol. The van der Waals surface area contributed by atoms with Gasteiger partial charge in [-0.05, 0) is 35.7 Å². The van der Waals surface area contributed by atoms with Gasteiger partial charge >= 0.3 is 0 Å². The quantitative estimate of drug-likeness (QED) is 0.877. The average molecular weight is 245 g/mol. The third kappa shape index (κ3) is 3.14. The van der Waals surface area contributed by atoms with Crippen molar-refractivity contribution in [3.05, 3.63) is 53.5 Å². The average Bonchev–Trinajstić information content (AvgIpc) is 2.84. The molecule has 1 aromatic carbocycles. The van der Waals surface area contributed by atoms with Crippen molar-refractivity contribution in [3.63, 3.8) is 0 Å². The monoisotopic (exact) mass is 245 g/mol. The normalized spacial score (nSPS) is 10.9. The lowest BCUT2D eigenvalue weighted by molar-refractivity contribution is 0.266. The number of rotatable bonds is 5. The van der Waals surface area contributed by atoms with Crippen molar-refractivity contribution in [2.24, 2.45) is 5.73 Å². The first-order valence-electron chi connectivity index (χ1n) is 6.19. The summed E-state index contributed by atoms with van der Waals surface area (Å²) in [6.07, 6.45) is 0. The minimum Gasteiger partial charge on any atom is -0.486 e. The lowest BCUT2D eigenvalue weighted by atomic mass is 10.0. The van der Waals surface area contributed by atoms with E-state index in [0.29, 0.717) is 19.1 Å². The summed E-state index contributed by atoms with van der Waals surface area (Å²) in [5.41, 5.74) is 6.76. The standard InChI is InChI=1S/C15H19NO2/c1-11(2)12-4-3-5-13(8-12)17-10-15-7-6-14(9-16)18-15/h3-8,11H,9-10,16H2,1-2H3. The van der Waals surface area contributed by atoms with E-state index < -0.39 is 0 Å². The zero-order chi connectivity index (χ0) is 13.0. The number of hydrogen-bond acceptors (Lipinski definition) is 3. The molecule has 0 saturated heterocycles. The van der Waals surface area contributed by atoms with E-state index in [1.165, 1.54) is 5.56 Å². The molecule has 2 N–H and O–H groups in total. The molecule has 0 amide bonds. The first-order chi connectivity index (χ1) is 8.69. The Balaban J connectivity index is 1.99. The van der Waals surface area contributed by atoms with Crippen molar-refractivity contribution >= 4 is 0 Å². The Hall–Kier alpha value is -1.74. The first-order valence-corrected chi connectivity index (χ1v) is 6.19. The van der Waals surface area contributed by atoms with Crippen molar-refractivity contribution in [2.75, 3.05) is 0 Å². The van der Waals surface area contributed by atoms with Gasteiger partial charge in [0.1, 0.15) is 23.9 Å². The molecule has 0 atom stereocenters. The molecule has 0 fully saturated rings. The zero-order valence-electron chi connectivity index (χ0n) is 10.8. The smallest absolute Gasteiger partial charge is 0.146 e. The molecule has 0 aliphatic rings. The Morgan fingerprint density at radius 3 is 2.61 bits per heavy atom. The van der Waals surface area contributed by atoms with E-state index in [1.54, 1.807) is 0 Å². The van der Waals surface area contributed by atoms with E-state index in [4.69, 9.17) is 14.9 Å². The van der Waals surface area contributed by atoms with Crippen molar-refractivity contribution in [1.29, 1.82) is 0 Å². The lowest BCUT2D eigenvalue weighted by Gasteiger charge is -2.09. The van der Waals surface area contributed by atoms with Crippen LogP contribution in [-0.4, -0.2) is 0 Å². The third-order valence-corrected chi connectivity index (χ3v) is 2.82. The molecule has 2 rings (SSSR count). The van der Waals surface area contributed by atoms with Crippen LogP contribution in [0.25, 0.3) is 0 Å². The Labute approximate surface area is 108 Å². The number of furan rings is 1. The van der Waals surface area contributed by atoms with Crippen LogP contribution in [0.5, 0.6) is 5.75 Å². The second-order valence-electron chi connectivity index (χ2n) is 4.59. The summed E-state index contributed by atoms with van der Waals surface area (Å²) in [4.78, 5) is 0. The number of nitrogens with two attached hydrogens (primary N) is 1. The van der Waals surface area contributed by atoms with Crippen molar-refractivity contribution < 1.29 is 9.15 Å². The molecule has 0 aliphatic heterocycles. The SMILES string of the molecule is CC(C)c1cccc(OCc2ccc(CN)o2)c1. The number of hydrogen-bond donors (Lipinski definition) is 1. The van der Waals surface area contributed by atoms with E-state index in [0.717, 1.165) is 17.3 Å². The maximum absolute atomic E-state index is 5.71. The Morgan fingerprint density at radius 2 is 1.94 bits per heavy atom. The fourth-order valence-corrected chi connectivity index (χ4v) is 1.73. The molecule has 3 nitrogen and oxygen atoms in total. The maximum atomic E-state index is 5.71. The Bertz CT molecular complexity index is 503. The molecule has 1 aromatic heterocycles. The van der Waals surface area contributed by atoms with E-state index >= 15 is 0 Å². The maximum Gasteiger partial charge on any atom is 0.146 e. The molecule has 0 saturated carbocycles. The predicted octanol–water partition coefficient (Wildman–Crippen LogP) is 3.44. The topological polar surface area (TPSA) is 48.4 Å². The minimum atomic E-state index is 0.419. The van der Waals surface area contributed by atoms with Crippen LogP contribution in [0.4, 0.5) is 0 Å². The van der Waals surface area contributed by atoms with Gasteiger partial charge in [0.25, 0.3) is 0 Å². The molecule has 3 heteroatoms. The molecule has 0 spiro atoms. The lowest BCUT2D eigenvalue weighted by Crippen LogP contribution is -1.96. The van der Waals surface area contributed by atoms with E-state index in [-0.39, 0.29) is 0 Å². The van der Waals surface area contributed by atoms with E-state index in [9.17, 15) is 0 Å². The molecule has 0 radical (unpaired) electrons. The van der Waals surface area contributed by atoms with Crippen molar-refractivity contribution in [2.45, 2.75) is 32.9 Å². The first kappa shape index (κ1) is 12.7. The van der Waals surface area contributed by atoms with Gasteiger partial charge in [-0.3, -0.25) is 0 Å². The van der Waals surface area contributed by atoms with Crippen LogP contribution in [0, 0.1) is 0 Å². The molecular formula is C15H19NO2. The van der Waals surface area contributed by atoms with Crippen LogP contribution in [0.3, 0.4) is 0 Å². The van der Waals surface area contributed by atoms with Gasteiger partial charge in [0.15, 0.2) is 0 Å². The molecule has 0 bridgehead atoms. The number of benzene rings is 1. The van der Waals surface area contributed by atoms with Gasteiger partial charge in [-0.2, -0.15) is 0 Å².